The molecule has 0 aromatic rings. The van der Waals surface area contributed by atoms with Gasteiger partial charge in [-0.15, -0.1) is 0 Å². The van der Waals surface area contributed by atoms with Crippen LogP contribution in [0.3, 0.4) is 0 Å². The van der Waals surface area contributed by atoms with Crippen molar-refractivity contribution in [1.82, 2.24) is 9.62 Å². The van der Waals surface area contributed by atoms with Gasteiger partial charge >= 0.3 is 0 Å². The highest BCUT2D eigenvalue weighted by Crippen LogP contribution is 2.43. The monoisotopic (exact) mass is 302 g/mol. The summed E-state index contributed by atoms with van der Waals surface area (Å²) in [7, 11) is -3.01. The van der Waals surface area contributed by atoms with E-state index in [2.05, 4.69) is 19.2 Å². The summed E-state index contributed by atoms with van der Waals surface area (Å²) in [4.78, 5) is 0. The maximum atomic E-state index is 11.7. The highest BCUT2D eigenvalue weighted by atomic mass is 32.2. The lowest BCUT2D eigenvalue weighted by Crippen LogP contribution is -2.42. The molecule has 2 aliphatic rings. The second kappa shape index (κ2) is 6.75. The molecular formula is C15H30N2O2S. The maximum Gasteiger partial charge on any atom is 0.211 e. The Bertz CT molecular complexity index is 410. The Kier molecular flexibility index (Phi) is 5.49. The molecule has 0 amide bonds. The van der Waals surface area contributed by atoms with Gasteiger partial charge in [0.15, 0.2) is 0 Å². The summed E-state index contributed by atoms with van der Waals surface area (Å²) < 4.78 is 25.1. The van der Waals surface area contributed by atoms with Gasteiger partial charge in [-0.25, -0.2) is 12.7 Å². The Balaban J connectivity index is 1.89. The molecule has 0 spiro atoms. The van der Waals surface area contributed by atoms with Crippen molar-refractivity contribution in [3.63, 3.8) is 0 Å². The molecule has 1 heterocycles. The van der Waals surface area contributed by atoms with Crippen LogP contribution in [0.2, 0.25) is 0 Å². The smallest absolute Gasteiger partial charge is 0.211 e. The average molecular weight is 302 g/mol. The largest absolute Gasteiger partial charge is 0.314 e. The zero-order valence-corrected chi connectivity index (χ0v) is 14.0. The first-order valence-electron chi connectivity index (χ1n) is 8.10. The summed E-state index contributed by atoms with van der Waals surface area (Å²) >= 11 is 0. The van der Waals surface area contributed by atoms with E-state index < -0.39 is 10.0 Å². The second-order valence-electron chi connectivity index (χ2n) is 6.80. The van der Waals surface area contributed by atoms with Crippen LogP contribution >= 0.6 is 0 Å². The van der Waals surface area contributed by atoms with E-state index in [1.807, 2.05) is 0 Å². The number of hydrogen-bond acceptors (Lipinski definition) is 3. The van der Waals surface area contributed by atoms with Crippen molar-refractivity contribution in [2.45, 2.75) is 52.0 Å². The lowest BCUT2D eigenvalue weighted by molar-refractivity contribution is 0.229. The van der Waals surface area contributed by atoms with Crippen molar-refractivity contribution < 1.29 is 8.42 Å². The predicted molar refractivity (Wildman–Crippen MR) is 83.1 cm³/mol. The van der Waals surface area contributed by atoms with Crippen LogP contribution in [0.1, 0.15) is 46.0 Å². The molecule has 118 valence electrons. The molecule has 0 radical (unpaired) electrons. The highest BCUT2D eigenvalue weighted by Gasteiger charge is 2.40. The van der Waals surface area contributed by atoms with E-state index in [9.17, 15) is 8.42 Å². The molecule has 0 aromatic carbocycles. The third-order valence-electron chi connectivity index (χ3n) is 4.88. The van der Waals surface area contributed by atoms with Gasteiger partial charge in [-0.2, -0.15) is 0 Å². The van der Waals surface area contributed by atoms with Crippen LogP contribution in [0.25, 0.3) is 0 Å². The maximum absolute atomic E-state index is 11.7. The van der Waals surface area contributed by atoms with Crippen LogP contribution in [0, 0.1) is 17.8 Å². The van der Waals surface area contributed by atoms with Gasteiger partial charge in [0, 0.05) is 19.1 Å². The molecule has 1 saturated carbocycles. The van der Waals surface area contributed by atoms with Gasteiger partial charge in [-0.3, -0.25) is 0 Å². The van der Waals surface area contributed by atoms with Crippen LogP contribution in [-0.2, 0) is 10.0 Å². The van der Waals surface area contributed by atoms with Gasteiger partial charge in [-0.05, 0) is 56.4 Å². The van der Waals surface area contributed by atoms with Crippen molar-refractivity contribution >= 4 is 10.0 Å². The second-order valence-corrected chi connectivity index (χ2v) is 8.78. The number of nitrogens with zero attached hydrogens (tertiary/aromatic N) is 1. The summed E-state index contributed by atoms with van der Waals surface area (Å²) in [5, 5.41) is 3.69. The Morgan fingerprint density at radius 2 is 2.10 bits per heavy atom. The fraction of sp³-hybridized carbons (Fsp3) is 1.00. The molecule has 1 aliphatic carbocycles. The highest BCUT2D eigenvalue weighted by molar-refractivity contribution is 7.88. The number of hydrogen-bond donors (Lipinski definition) is 1. The van der Waals surface area contributed by atoms with Gasteiger partial charge in [0.1, 0.15) is 0 Å². The van der Waals surface area contributed by atoms with Gasteiger partial charge in [0.2, 0.25) is 10.0 Å². The van der Waals surface area contributed by atoms with Gasteiger partial charge in [0.25, 0.3) is 0 Å². The molecular weight excluding hydrogens is 272 g/mol. The summed E-state index contributed by atoms with van der Waals surface area (Å²) in [6.45, 7) is 7.05. The molecule has 4 nitrogen and oxygen atoms in total. The van der Waals surface area contributed by atoms with E-state index in [-0.39, 0.29) is 0 Å². The lowest BCUT2D eigenvalue weighted by Gasteiger charge is -2.33. The lowest BCUT2D eigenvalue weighted by atomic mass is 9.90. The zero-order chi connectivity index (χ0) is 14.8. The third-order valence-corrected chi connectivity index (χ3v) is 6.15. The molecule has 0 aromatic heterocycles. The van der Waals surface area contributed by atoms with Crippen LogP contribution in [0.5, 0.6) is 0 Å². The Morgan fingerprint density at radius 1 is 1.40 bits per heavy atom. The number of piperidine rings is 1. The van der Waals surface area contributed by atoms with E-state index >= 15 is 0 Å². The minimum Gasteiger partial charge on any atom is -0.314 e. The van der Waals surface area contributed by atoms with Crippen molar-refractivity contribution in [2.24, 2.45) is 17.8 Å². The third kappa shape index (κ3) is 4.43. The van der Waals surface area contributed by atoms with Gasteiger partial charge in [0.05, 0.1) is 6.26 Å². The first-order chi connectivity index (χ1) is 9.41. The first-order valence-corrected chi connectivity index (χ1v) is 9.95. The van der Waals surface area contributed by atoms with E-state index in [0.29, 0.717) is 18.5 Å². The first kappa shape index (κ1) is 16.2. The van der Waals surface area contributed by atoms with E-state index in [1.165, 1.54) is 19.1 Å². The molecule has 0 bridgehead atoms. The Labute approximate surface area is 124 Å². The van der Waals surface area contributed by atoms with Gasteiger partial charge in [-0.1, -0.05) is 13.8 Å². The number of nitrogens with one attached hydrogen (secondary N) is 1. The van der Waals surface area contributed by atoms with Crippen molar-refractivity contribution in [1.29, 1.82) is 0 Å². The summed E-state index contributed by atoms with van der Waals surface area (Å²) in [5.74, 6) is 2.19. The summed E-state index contributed by atoms with van der Waals surface area (Å²) in [6, 6.07) is 0.592. The van der Waals surface area contributed by atoms with Crippen LogP contribution in [0.15, 0.2) is 0 Å². The molecule has 1 saturated heterocycles. The molecule has 4 unspecified atom stereocenters. The molecule has 20 heavy (non-hydrogen) atoms. The van der Waals surface area contributed by atoms with Crippen LogP contribution in [0.4, 0.5) is 0 Å². The Morgan fingerprint density at radius 3 is 2.65 bits per heavy atom. The summed E-state index contributed by atoms with van der Waals surface area (Å²) in [6.07, 6.45) is 7.17. The standard InChI is InChI=1S/C15H30N2O2S/c1-4-7-16-15(14-9-12(14)2)10-13-6-5-8-17(11-13)20(3,18)19/h12-16H,4-11H2,1-3H3. The van der Waals surface area contributed by atoms with Crippen molar-refractivity contribution in [2.75, 3.05) is 25.9 Å². The van der Waals surface area contributed by atoms with Crippen molar-refractivity contribution in [3.05, 3.63) is 0 Å². The fourth-order valence-electron chi connectivity index (χ4n) is 3.53. The predicted octanol–water partition coefficient (Wildman–Crippen LogP) is 2.07. The fourth-order valence-corrected chi connectivity index (χ4v) is 4.47. The van der Waals surface area contributed by atoms with Crippen molar-refractivity contribution in [3.8, 4) is 0 Å². The van der Waals surface area contributed by atoms with E-state index in [4.69, 9.17) is 0 Å². The number of rotatable bonds is 7. The molecule has 1 N–H and O–H groups in total. The minimum atomic E-state index is -3.01. The Hall–Kier alpha value is -0.130. The zero-order valence-electron chi connectivity index (χ0n) is 13.1. The average Bonchev–Trinajstić information content (AvgIpc) is 3.11. The molecule has 2 rings (SSSR count). The topological polar surface area (TPSA) is 49.4 Å². The quantitative estimate of drug-likeness (QED) is 0.783. The van der Waals surface area contributed by atoms with Crippen LogP contribution < -0.4 is 5.32 Å². The number of sulfonamides is 1. The summed E-state index contributed by atoms with van der Waals surface area (Å²) in [5.41, 5.74) is 0. The molecule has 4 atom stereocenters. The molecule has 2 fully saturated rings. The van der Waals surface area contributed by atoms with E-state index in [1.54, 1.807) is 4.31 Å². The molecule has 1 aliphatic heterocycles. The SMILES string of the molecule is CCCNC(CC1CCCN(S(C)(=O)=O)C1)C1CC1C. The van der Waals surface area contributed by atoms with Gasteiger partial charge < -0.3 is 5.32 Å². The van der Waals surface area contributed by atoms with E-state index in [0.717, 1.165) is 44.2 Å². The minimum absolute atomic E-state index is 0.528. The normalized spacial score (nSPS) is 33.0. The van der Waals surface area contributed by atoms with Crippen LogP contribution in [-0.4, -0.2) is 44.7 Å². The molecule has 5 heteroatoms.